The van der Waals surface area contributed by atoms with E-state index in [0.29, 0.717) is 13.0 Å². The lowest BCUT2D eigenvalue weighted by Crippen LogP contribution is -2.54. The second-order valence-corrected chi connectivity index (χ2v) is 3.90. The number of nitrogens with one attached hydrogen (secondary N) is 2. The zero-order valence-corrected chi connectivity index (χ0v) is 8.13. The van der Waals surface area contributed by atoms with Crippen molar-refractivity contribution in [2.45, 2.75) is 18.9 Å². The molecule has 5 heteroatoms. The molecule has 0 aliphatic carbocycles. The molecule has 2 rings (SSSR count). The largest absolute Gasteiger partial charge is 0.469 e. The fourth-order valence-electron chi connectivity index (χ4n) is 2.38. The number of esters is 1. The van der Waals surface area contributed by atoms with Gasteiger partial charge in [-0.1, -0.05) is 0 Å². The summed E-state index contributed by atoms with van der Waals surface area (Å²) >= 11 is 0. The summed E-state index contributed by atoms with van der Waals surface area (Å²) in [4.78, 5) is 23.0. The summed E-state index contributed by atoms with van der Waals surface area (Å²) in [5.74, 6) is -0.313. The summed E-state index contributed by atoms with van der Waals surface area (Å²) in [6.45, 7) is 1.42. The van der Waals surface area contributed by atoms with Crippen molar-refractivity contribution in [3.63, 3.8) is 0 Å². The average Bonchev–Trinajstić information content (AvgIpc) is 2.53. The lowest BCUT2D eigenvalue weighted by molar-refractivity contribution is -0.155. The highest BCUT2D eigenvalue weighted by atomic mass is 16.5. The maximum atomic E-state index is 11.7. The molecule has 1 amide bonds. The van der Waals surface area contributed by atoms with E-state index in [4.69, 9.17) is 4.74 Å². The molecule has 0 radical (unpaired) electrons. The normalized spacial score (nSPS) is 36.1. The van der Waals surface area contributed by atoms with Gasteiger partial charge in [0.25, 0.3) is 0 Å². The molecule has 78 valence electrons. The van der Waals surface area contributed by atoms with E-state index in [9.17, 15) is 9.59 Å². The number of carbonyl (C=O) groups is 2. The molecular formula is C9H14N2O3. The van der Waals surface area contributed by atoms with Gasteiger partial charge in [-0.05, 0) is 13.0 Å². The van der Waals surface area contributed by atoms with Crippen LogP contribution in [0.2, 0.25) is 0 Å². The minimum Gasteiger partial charge on any atom is -0.469 e. The molecule has 0 aromatic heterocycles. The van der Waals surface area contributed by atoms with E-state index in [1.807, 2.05) is 0 Å². The van der Waals surface area contributed by atoms with Crippen LogP contribution in [0, 0.1) is 5.41 Å². The lowest BCUT2D eigenvalue weighted by atomic mass is 9.75. The Morgan fingerprint density at radius 1 is 1.64 bits per heavy atom. The highest BCUT2D eigenvalue weighted by molar-refractivity contribution is 5.90. The van der Waals surface area contributed by atoms with Gasteiger partial charge in [0.1, 0.15) is 0 Å². The molecule has 5 nitrogen and oxygen atoms in total. The summed E-state index contributed by atoms with van der Waals surface area (Å²) < 4.78 is 4.78. The van der Waals surface area contributed by atoms with Crippen molar-refractivity contribution >= 4 is 11.9 Å². The maximum Gasteiger partial charge on any atom is 0.314 e. The van der Waals surface area contributed by atoms with Gasteiger partial charge in [-0.15, -0.1) is 0 Å². The molecule has 0 spiro atoms. The smallest absolute Gasteiger partial charge is 0.314 e. The molecule has 14 heavy (non-hydrogen) atoms. The Kier molecular flexibility index (Phi) is 2.19. The van der Waals surface area contributed by atoms with Gasteiger partial charge in [-0.25, -0.2) is 0 Å². The molecule has 2 saturated heterocycles. The predicted molar refractivity (Wildman–Crippen MR) is 48.5 cm³/mol. The van der Waals surface area contributed by atoms with Crippen LogP contribution in [0.15, 0.2) is 0 Å². The van der Waals surface area contributed by atoms with Crippen molar-refractivity contribution in [1.82, 2.24) is 10.6 Å². The molecule has 2 atom stereocenters. The Morgan fingerprint density at radius 2 is 2.43 bits per heavy atom. The number of amides is 1. The van der Waals surface area contributed by atoms with Crippen LogP contribution in [0.25, 0.3) is 0 Å². The first-order valence-electron chi connectivity index (χ1n) is 4.77. The number of rotatable bonds is 1. The van der Waals surface area contributed by atoms with Gasteiger partial charge in [0.15, 0.2) is 0 Å². The first kappa shape index (κ1) is 9.45. The number of fused-ring (bicyclic) bond motifs is 1. The number of piperidine rings is 1. The van der Waals surface area contributed by atoms with Crippen molar-refractivity contribution in [3.05, 3.63) is 0 Å². The van der Waals surface area contributed by atoms with Crippen LogP contribution in [0.1, 0.15) is 12.8 Å². The van der Waals surface area contributed by atoms with Crippen molar-refractivity contribution in [3.8, 4) is 0 Å². The third kappa shape index (κ3) is 1.19. The molecular weight excluding hydrogens is 184 g/mol. The number of carbonyl (C=O) groups excluding carboxylic acids is 2. The summed E-state index contributed by atoms with van der Waals surface area (Å²) in [6.07, 6.45) is 0.940. The number of ether oxygens (including phenoxy) is 1. The predicted octanol–water partition coefficient (Wildman–Crippen LogP) is -0.972. The molecule has 2 fully saturated rings. The van der Waals surface area contributed by atoms with Gasteiger partial charge in [-0.2, -0.15) is 0 Å². The molecule has 2 aliphatic rings. The molecule has 2 N–H and O–H groups in total. The monoisotopic (exact) mass is 198 g/mol. The quantitative estimate of drug-likeness (QED) is 0.532. The Balaban J connectivity index is 2.27. The molecule has 2 heterocycles. The van der Waals surface area contributed by atoms with Crippen LogP contribution in [-0.2, 0) is 14.3 Å². The summed E-state index contributed by atoms with van der Waals surface area (Å²) in [5.41, 5.74) is -0.614. The first-order chi connectivity index (χ1) is 6.69. The third-order valence-electron chi connectivity index (χ3n) is 3.17. The Hall–Kier alpha value is -1.10. The topological polar surface area (TPSA) is 67.4 Å². The van der Waals surface area contributed by atoms with E-state index in [1.54, 1.807) is 0 Å². The second-order valence-electron chi connectivity index (χ2n) is 3.90. The van der Waals surface area contributed by atoms with Crippen LogP contribution in [0.5, 0.6) is 0 Å². The van der Waals surface area contributed by atoms with E-state index in [2.05, 4.69) is 10.6 Å². The second kappa shape index (κ2) is 3.24. The first-order valence-corrected chi connectivity index (χ1v) is 4.77. The number of hydrogen-bond acceptors (Lipinski definition) is 4. The third-order valence-corrected chi connectivity index (χ3v) is 3.17. The van der Waals surface area contributed by atoms with Gasteiger partial charge >= 0.3 is 5.97 Å². The molecule has 0 bridgehead atoms. The zero-order chi connectivity index (χ0) is 10.2. The minimum absolute atomic E-state index is 0.0518. The van der Waals surface area contributed by atoms with E-state index in [-0.39, 0.29) is 24.3 Å². The maximum absolute atomic E-state index is 11.7. The lowest BCUT2D eigenvalue weighted by Gasteiger charge is -2.35. The van der Waals surface area contributed by atoms with Gasteiger partial charge in [0.2, 0.25) is 5.91 Å². The fourth-order valence-corrected chi connectivity index (χ4v) is 2.38. The van der Waals surface area contributed by atoms with Gasteiger partial charge < -0.3 is 15.4 Å². The van der Waals surface area contributed by atoms with Crippen molar-refractivity contribution in [1.29, 1.82) is 0 Å². The highest BCUT2D eigenvalue weighted by Crippen LogP contribution is 2.38. The van der Waals surface area contributed by atoms with E-state index < -0.39 is 5.41 Å². The average molecular weight is 198 g/mol. The molecule has 2 unspecified atom stereocenters. The Morgan fingerprint density at radius 3 is 3.14 bits per heavy atom. The van der Waals surface area contributed by atoms with Crippen molar-refractivity contribution < 1.29 is 14.3 Å². The van der Waals surface area contributed by atoms with Crippen LogP contribution in [0.4, 0.5) is 0 Å². The van der Waals surface area contributed by atoms with Crippen LogP contribution in [-0.4, -0.2) is 38.1 Å². The van der Waals surface area contributed by atoms with E-state index >= 15 is 0 Å². The number of hydrogen-bond donors (Lipinski definition) is 2. The molecule has 0 saturated carbocycles. The van der Waals surface area contributed by atoms with E-state index in [0.717, 1.165) is 6.54 Å². The van der Waals surface area contributed by atoms with Gasteiger partial charge in [-0.3, -0.25) is 9.59 Å². The summed E-state index contributed by atoms with van der Waals surface area (Å²) in [7, 11) is 1.37. The molecule has 0 aromatic rings. The van der Waals surface area contributed by atoms with Crippen molar-refractivity contribution in [2.75, 3.05) is 20.2 Å². The zero-order valence-electron chi connectivity index (χ0n) is 8.13. The Labute approximate surface area is 82.2 Å². The van der Waals surface area contributed by atoms with Gasteiger partial charge in [0, 0.05) is 13.0 Å². The standard InChI is InChI=1S/C9H14N2O3/c1-14-8(13)9-2-3-10-5-6(9)11-7(12)4-9/h6,10H,2-5H2,1H3,(H,11,12). The Bertz CT molecular complexity index is 279. The highest BCUT2D eigenvalue weighted by Gasteiger charge is 2.54. The van der Waals surface area contributed by atoms with Crippen molar-refractivity contribution in [2.24, 2.45) is 5.41 Å². The SMILES string of the molecule is COC(=O)C12CCNCC1NC(=O)C2. The minimum atomic E-state index is -0.614. The number of methoxy groups -OCH3 is 1. The van der Waals surface area contributed by atoms with Crippen LogP contribution in [0.3, 0.4) is 0 Å². The molecule has 0 aromatic carbocycles. The van der Waals surface area contributed by atoms with Crippen LogP contribution >= 0.6 is 0 Å². The van der Waals surface area contributed by atoms with Gasteiger partial charge in [0.05, 0.1) is 18.6 Å². The summed E-state index contributed by atoms with van der Waals surface area (Å²) in [6, 6.07) is -0.101. The van der Waals surface area contributed by atoms with E-state index in [1.165, 1.54) is 7.11 Å². The van der Waals surface area contributed by atoms with Crippen LogP contribution < -0.4 is 10.6 Å². The fraction of sp³-hybridized carbons (Fsp3) is 0.778. The molecule has 2 aliphatic heterocycles. The summed E-state index contributed by atoms with van der Waals surface area (Å²) in [5, 5.41) is 5.97.